The van der Waals surface area contributed by atoms with Crippen LogP contribution in [0.2, 0.25) is 0 Å². The number of carbonyl (C=O) groups is 1. The van der Waals surface area contributed by atoms with E-state index in [1.807, 2.05) is 19.1 Å². The Kier molecular flexibility index (Phi) is 5.53. The number of halogens is 1. The molecule has 2 rings (SSSR count). The van der Waals surface area contributed by atoms with Crippen molar-refractivity contribution < 1.29 is 4.79 Å². The van der Waals surface area contributed by atoms with E-state index in [1.165, 1.54) is 0 Å². The summed E-state index contributed by atoms with van der Waals surface area (Å²) < 4.78 is 3.13. The van der Waals surface area contributed by atoms with E-state index < -0.39 is 0 Å². The number of hydrogen-bond donors (Lipinski definition) is 1. The van der Waals surface area contributed by atoms with Gasteiger partial charge in [-0.3, -0.25) is 4.79 Å². The lowest BCUT2D eigenvalue weighted by atomic mass is 9.93. The van der Waals surface area contributed by atoms with Gasteiger partial charge in [-0.1, -0.05) is 32.0 Å². The third-order valence-electron chi connectivity index (χ3n) is 3.96. The van der Waals surface area contributed by atoms with Gasteiger partial charge in [-0.05, 0) is 48.4 Å². The Balaban J connectivity index is 2.08. The number of aromatic nitrogens is 1. The van der Waals surface area contributed by atoms with Crippen molar-refractivity contribution in [3.05, 3.63) is 34.4 Å². The summed E-state index contributed by atoms with van der Waals surface area (Å²) in [7, 11) is 4.10. The molecule has 1 aromatic carbocycles. The normalized spacial score (nSPS) is 12.1. The highest BCUT2D eigenvalue weighted by Crippen LogP contribution is 2.30. The van der Waals surface area contributed by atoms with Gasteiger partial charge in [0.25, 0.3) is 0 Å². The molecule has 1 amide bonds. The molecule has 0 aliphatic carbocycles. The molecule has 1 N–H and O–H groups in total. The summed E-state index contributed by atoms with van der Waals surface area (Å²) in [5.41, 5.74) is 2.21. The summed E-state index contributed by atoms with van der Waals surface area (Å²) in [6.45, 7) is 8.32. The first-order valence-electron chi connectivity index (χ1n) is 7.86. The van der Waals surface area contributed by atoms with Crippen LogP contribution in [-0.2, 0) is 11.3 Å². The quantitative estimate of drug-likeness (QED) is 0.834. The van der Waals surface area contributed by atoms with Gasteiger partial charge in [0, 0.05) is 34.2 Å². The smallest absolute Gasteiger partial charge is 0.239 e. The topological polar surface area (TPSA) is 37.3 Å². The van der Waals surface area contributed by atoms with Crippen LogP contribution >= 0.6 is 15.9 Å². The van der Waals surface area contributed by atoms with Gasteiger partial charge in [0.1, 0.15) is 6.54 Å². The highest BCUT2D eigenvalue weighted by Gasteiger charge is 2.20. The molecule has 0 saturated carbocycles. The minimum Gasteiger partial charge on any atom is -0.354 e. The van der Waals surface area contributed by atoms with Crippen molar-refractivity contribution in [2.75, 3.05) is 27.2 Å². The van der Waals surface area contributed by atoms with E-state index in [2.05, 4.69) is 70.8 Å². The molecule has 4 nitrogen and oxygen atoms in total. The lowest BCUT2D eigenvalue weighted by Crippen LogP contribution is -2.41. The first kappa shape index (κ1) is 18.0. The van der Waals surface area contributed by atoms with Gasteiger partial charge in [0.15, 0.2) is 0 Å². The van der Waals surface area contributed by atoms with Crippen LogP contribution in [0.1, 0.15) is 19.5 Å². The third kappa shape index (κ3) is 4.36. The van der Waals surface area contributed by atoms with Crippen molar-refractivity contribution in [2.45, 2.75) is 27.3 Å². The van der Waals surface area contributed by atoms with Crippen LogP contribution in [0.25, 0.3) is 10.9 Å². The highest BCUT2D eigenvalue weighted by atomic mass is 79.9. The molecule has 0 aliphatic heterocycles. The molecular formula is C18H26BrN3O. The number of fused-ring (bicyclic) bond motifs is 1. The Labute approximate surface area is 147 Å². The molecule has 5 heteroatoms. The van der Waals surface area contributed by atoms with Crippen molar-refractivity contribution in [1.82, 2.24) is 14.8 Å². The summed E-state index contributed by atoms with van der Waals surface area (Å²) in [5.74, 6) is 0.0492. The molecule has 2 aromatic rings. The maximum atomic E-state index is 12.4. The lowest BCUT2D eigenvalue weighted by Gasteiger charge is -2.28. The largest absolute Gasteiger partial charge is 0.354 e. The molecular weight excluding hydrogens is 354 g/mol. The number of carbonyl (C=O) groups excluding carboxylic acids is 1. The van der Waals surface area contributed by atoms with E-state index in [4.69, 9.17) is 0 Å². The first-order valence-corrected chi connectivity index (χ1v) is 8.65. The van der Waals surface area contributed by atoms with Gasteiger partial charge in [-0.15, -0.1) is 0 Å². The van der Waals surface area contributed by atoms with Crippen LogP contribution in [0.5, 0.6) is 0 Å². The zero-order valence-corrected chi connectivity index (χ0v) is 16.2. The minimum atomic E-state index is 0.0492. The summed E-state index contributed by atoms with van der Waals surface area (Å²) >= 11 is 3.63. The van der Waals surface area contributed by atoms with Crippen LogP contribution in [0, 0.1) is 12.3 Å². The van der Waals surface area contributed by atoms with Crippen LogP contribution in [-0.4, -0.2) is 42.6 Å². The molecule has 0 unspecified atom stereocenters. The summed E-state index contributed by atoms with van der Waals surface area (Å²) in [6, 6.07) is 8.14. The van der Waals surface area contributed by atoms with E-state index in [0.717, 1.165) is 27.6 Å². The molecule has 23 heavy (non-hydrogen) atoms. The number of hydrogen-bond acceptors (Lipinski definition) is 2. The summed E-state index contributed by atoms with van der Waals surface area (Å²) in [4.78, 5) is 14.5. The van der Waals surface area contributed by atoms with Crippen molar-refractivity contribution in [3.8, 4) is 0 Å². The van der Waals surface area contributed by atoms with Gasteiger partial charge in [-0.2, -0.15) is 0 Å². The molecule has 0 atom stereocenters. The molecule has 0 fully saturated rings. The standard InChI is InChI=1S/C18H26BrN3O/c1-13-17(19)14-8-6-7-9-15(14)22(13)10-16(23)20-11-18(2,3)12-21(4)5/h6-9H,10-12H2,1-5H3,(H,20,23). The third-order valence-corrected chi connectivity index (χ3v) is 4.96. The van der Waals surface area contributed by atoms with Gasteiger partial charge in [-0.25, -0.2) is 0 Å². The molecule has 1 heterocycles. The first-order chi connectivity index (χ1) is 10.7. The number of nitrogens with one attached hydrogen (secondary N) is 1. The second-order valence-electron chi connectivity index (χ2n) is 7.18. The van der Waals surface area contributed by atoms with E-state index >= 15 is 0 Å². The molecule has 0 spiro atoms. The molecule has 0 saturated heterocycles. The van der Waals surface area contributed by atoms with Gasteiger partial charge < -0.3 is 14.8 Å². The number of rotatable bonds is 6. The maximum absolute atomic E-state index is 12.4. The molecule has 0 radical (unpaired) electrons. The van der Waals surface area contributed by atoms with Crippen LogP contribution in [0.4, 0.5) is 0 Å². The van der Waals surface area contributed by atoms with E-state index in [0.29, 0.717) is 13.1 Å². The van der Waals surface area contributed by atoms with Gasteiger partial charge in [0.05, 0.1) is 0 Å². The van der Waals surface area contributed by atoms with Crippen LogP contribution < -0.4 is 5.32 Å². The van der Waals surface area contributed by atoms with Crippen molar-refractivity contribution in [3.63, 3.8) is 0 Å². The van der Waals surface area contributed by atoms with Gasteiger partial charge >= 0.3 is 0 Å². The summed E-state index contributed by atoms with van der Waals surface area (Å²) in [6.07, 6.45) is 0. The van der Waals surface area contributed by atoms with Crippen molar-refractivity contribution in [1.29, 1.82) is 0 Å². The van der Waals surface area contributed by atoms with Crippen LogP contribution in [0.15, 0.2) is 28.7 Å². The van der Waals surface area contributed by atoms with Gasteiger partial charge in [0.2, 0.25) is 5.91 Å². The molecule has 0 aliphatic rings. The Morgan fingerprint density at radius 2 is 1.96 bits per heavy atom. The fourth-order valence-corrected chi connectivity index (χ4v) is 3.59. The number of amides is 1. The molecule has 126 valence electrons. The Hall–Kier alpha value is -1.33. The number of para-hydroxylation sites is 1. The van der Waals surface area contributed by atoms with E-state index in [-0.39, 0.29) is 11.3 Å². The minimum absolute atomic E-state index is 0.0492. The predicted octanol–water partition coefficient (Wildman–Crippen LogP) is 3.42. The second kappa shape index (κ2) is 7.05. The fraction of sp³-hybridized carbons (Fsp3) is 0.500. The predicted molar refractivity (Wildman–Crippen MR) is 99.7 cm³/mol. The Morgan fingerprint density at radius 1 is 1.30 bits per heavy atom. The zero-order valence-electron chi connectivity index (χ0n) is 14.6. The van der Waals surface area contributed by atoms with Crippen LogP contribution in [0.3, 0.4) is 0 Å². The fourth-order valence-electron chi connectivity index (χ4n) is 3.04. The van der Waals surface area contributed by atoms with E-state index in [1.54, 1.807) is 0 Å². The van der Waals surface area contributed by atoms with Crippen molar-refractivity contribution >= 4 is 32.7 Å². The zero-order chi connectivity index (χ0) is 17.2. The number of nitrogens with zero attached hydrogens (tertiary/aromatic N) is 2. The Morgan fingerprint density at radius 3 is 2.61 bits per heavy atom. The monoisotopic (exact) mass is 379 g/mol. The SMILES string of the molecule is Cc1c(Br)c2ccccc2n1CC(=O)NCC(C)(C)CN(C)C. The van der Waals surface area contributed by atoms with Crippen molar-refractivity contribution in [2.24, 2.45) is 5.41 Å². The molecule has 0 bridgehead atoms. The Bertz CT molecular complexity index is 704. The average molecular weight is 380 g/mol. The lowest BCUT2D eigenvalue weighted by molar-refractivity contribution is -0.122. The highest BCUT2D eigenvalue weighted by molar-refractivity contribution is 9.10. The maximum Gasteiger partial charge on any atom is 0.239 e. The number of benzene rings is 1. The molecule has 1 aromatic heterocycles. The van der Waals surface area contributed by atoms with E-state index in [9.17, 15) is 4.79 Å². The average Bonchev–Trinajstić information content (AvgIpc) is 2.70. The summed E-state index contributed by atoms with van der Waals surface area (Å²) in [5, 5.41) is 4.22. The second-order valence-corrected chi connectivity index (χ2v) is 7.97.